The van der Waals surface area contributed by atoms with E-state index in [0.717, 1.165) is 29.2 Å². The number of hydrogen-bond acceptors (Lipinski definition) is 3. The molecule has 152 valence electrons. The van der Waals surface area contributed by atoms with E-state index in [1.807, 2.05) is 48.5 Å². The van der Waals surface area contributed by atoms with Gasteiger partial charge in [-0.2, -0.15) is 0 Å². The predicted octanol–water partition coefficient (Wildman–Crippen LogP) is 3.55. The third-order valence-electron chi connectivity index (χ3n) is 6.03. The van der Waals surface area contributed by atoms with Gasteiger partial charge >= 0.3 is 0 Å². The van der Waals surface area contributed by atoms with Crippen LogP contribution in [0.25, 0.3) is 0 Å². The molecule has 1 aliphatic carbocycles. The number of likely N-dealkylation sites (tertiary alicyclic amines) is 1. The second-order valence-corrected chi connectivity index (χ2v) is 8.46. The quantitative estimate of drug-likeness (QED) is 0.756. The standard InChI is InChI=1S/C23H25ClN2O3/c1-29-20-8-2-16(3-9-20)13-26-14-17(12-21(26)27)22(28)25-15-23(10-11-23)18-4-6-19(24)7-5-18/h2-9,17H,10-15H2,1H3,(H,25,28). The van der Waals surface area contributed by atoms with Crippen LogP contribution in [0.3, 0.4) is 0 Å². The Kier molecular flexibility index (Phi) is 5.50. The zero-order valence-electron chi connectivity index (χ0n) is 16.5. The maximum atomic E-state index is 12.7. The van der Waals surface area contributed by atoms with Gasteiger partial charge in [0, 0.05) is 36.5 Å². The van der Waals surface area contributed by atoms with Crippen molar-refractivity contribution in [2.45, 2.75) is 31.2 Å². The lowest BCUT2D eigenvalue weighted by atomic mass is 9.95. The number of carbonyl (C=O) groups is 2. The van der Waals surface area contributed by atoms with E-state index >= 15 is 0 Å². The lowest BCUT2D eigenvalue weighted by molar-refractivity contribution is -0.129. The Morgan fingerprint density at radius 3 is 2.48 bits per heavy atom. The molecule has 29 heavy (non-hydrogen) atoms. The fourth-order valence-electron chi connectivity index (χ4n) is 3.97. The largest absolute Gasteiger partial charge is 0.497 e. The van der Waals surface area contributed by atoms with Gasteiger partial charge in [0.15, 0.2) is 0 Å². The zero-order chi connectivity index (χ0) is 20.4. The average molecular weight is 413 g/mol. The van der Waals surface area contributed by atoms with Crippen LogP contribution in [-0.4, -0.2) is 36.9 Å². The van der Waals surface area contributed by atoms with Crippen LogP contribution < -0.4 is 10.1 Å². The molecule has 5 nitrogen and oxygen atoms in total. The summed E-state index contributed by atoms with van der Waals surface area (Å²) in [6.45, 7) is 1.59. The molecule has 6 heteroatoms. The third kappa shape index (κ3) is 4.40. The van der Waals surface area contributed by atoms with E-state index in [1.54, 1.807) is 12.0 Å². The van der Waals surface area contributed by atoms with Gasteiger partial charge in [-0.1, -0.05) is 35.9 Å². The first-order valence-corrected chi connectivity index (χ1v) is 10.3. The molecule has 2 aromatic rings. The van der Waals surface area contributed by atoms with Gasteiger partial charge in [-0.15, -0.1) is 0 Å². The number of nitrogens with one attached hydrogen (secondary N) is 1. The Labute approximate surface area is 176 Å². The Balaban J connectivity index is 1.31. The highest BCUT2D eigenvalue weighted by Gasteiger charge is 2.45. The lowest BCUT2D eigenvalue weighted by Gasteiger charge is -2.19. The zero-order valence-corrected chi connectivity index (χ0v) is 17.2. The van der Waals surface area contributed by atoms with Crippen molar-refractivity contribution in [3.8, 4) is 5.75 Å². The second-order valence-electron chi connectivity index (χ2n) is 8.03. The number of amides is 2. The molecule has 2 amide bonds. The summed E-state index contributed by atoms with van der Waals surface area (Å²) in [5.41, 5.74) is 2.26. The number of hydrogen-bond donors (Lipinski definition) is 1. The number of carbonyl (C=O) groups excluding carboxylic acids is 2. The van der Waals surface area contributed by atoms with Crippen molar-refractivity contribution < 1.29 is 14.3 Å². The average Bonchev–Trinajstić information content (AvgIpc) is 3.44. The van der Waals surface area contributed by atoms with Gasteiger partial charge in [0.05, 0.1) is 13.0 Å². The molecule has 4 rings (SSSR count). The van der Waals surface area contributed by atoms with Crippen LogP contribution in [0.4, 0.5) is 0 Å². The maximum absolute atomic E-state index is 12.7. The summed E-state index contributed by atoms with van der Waals surface area (Å²) in [7, 11) is 1.63. The third-order valence-corrected chi connectivity index (χ3v) is 6.28. The number of ether oxygens (including phenoxy) is 1. The highest BCUT2D eigenvalue weighted by molar-refractivity contribution is 6.30. The highest BCUT2D eigenvalue weighted by Crippen LogP contribution is 2.47. The van der Waals surface area contributed by atoms with E-state index < -0.39 is 0 Å². The fourth-order valence-corrected chi connectivity index (χ4v) is 4.10. The minimum Gasteiger partial charge on any atom is -0.497 e. The molecule has 2 aromatic carbocycles. The molecular formula is C23H25ClN2O3. The van der Waals surface area contributed by atoms with E-state index in [4.69, 9.17) is 16.3 Å². The predicted molar refractivity (Wildman–Crippen MR) is 112 cm³/mol. The van der Waals surface area contributed by atoms with E-state index in [2.05, 4.69) is 5.32 Å². The Morgan fingerprint density at radius 1 is 1.17 bits per heavy atom. The summed E-state index contributed by atoms with van der Waals surface area (Å²) >= 11 is 5.98. The summed E-state index contributed by atoms with van der Waals surface area (Å²) in [5.74, 6) is 0.492. The van der Waals surface area contributed by atoms with Gasteiger partial charge < -0.3 is 15.0 Å². The normalized spacial score (nSPS) is 19.9. The Morgan fingerprint density at radius 2 is 1.86 bits per heavy atom. The van der Waals surface area contributed by atoms with E-state index in [0.29, 0.717) is 19.6 Å². The Bertz CT molecular complexity index is 891. The molecule has 0 bridgehead atoms. The van der Waals surface area contributed by atoms with Crippen molar-refractivity contribution in [2.75, 3.05) is 20.2 Å². The van der Waals surface area contributed by atoms with Crippen molar-refractivity contribution in [1.82, 2.24) is 10.2 Å². The van der Waals surface area contributed by atoms with Crippen LogP contribution >= 0.6 is 11.6 Å². The number of benzene rings is 2. The molecule has 1 saturated heterocycles. The first-order valence-electron chi connectivity index (χ1n) is 9.93. The van der Waals surface area contributed by atoms with E-state index in [1.165, 1.54) is 5.56 Å². The summed E-state index contributed by atoms with van der Waals surface area (Å²) in [6, 6.07) is 15.5. The molecule has 1 atom stereocenters. The first kappa shape index (κ1) is 19.8. The highest BCUT2D eigenvalue weighted by atomic mass is 35.5. The van der Waals surface area contributed by atoms with Crippen LogP contribution in [0.15, 0.2) is 48.5 Å². The van der Waals surface area contributed by atoms with Crippen LogP contribution in [0, 0.1) is 5.92 Å². The van der Waals surface area contributed by atoms with Crippen molar-refractivity contribution in [2.24, 2.45) is 5.92 Å². The summed E-state index contributed by atoms with van der Waals surface area (Å²) < 4.78 is 5.17. The topological polar surface area (TPSA) is 58.6 Å². The van der Waals surface area contributed by atoms with Crippen molar-refractivity contribution in [1.29, 1.82) is 0 Å². The van der Waals surface area contributed by atoms with Gasteiger partial charge in [-0.05, 0) is 48.2 Å². The monoisotopic (exact) mass is 412 g/mol. The van der Waals surface area contributed by atoms with Gasteiger partial charge in [0.2, 0.25) is 11.8 Å². The molecule has 0 spiro atoms. The molecule has 1 N–H and O–H groups in total. The summed E-state index contributed by atoms with van der Waals surface area (Å²) in [4.78, 5) is 26.9. The van der Waals surface area contributed by atoms with Crippen LogP contribution in [0.1, 0.15) is 30.4 Å². The molecular weight excluding hydrogens is 388 g/mol. The number of rotatable bonds is 7. The summed E-state index contributed by atoms with van der Waals surface area (Å²) in [6.07, 6.45) is 2.39. The summed E-state index contributed by atoms with van der Waals surface area (Å²) in [5, 5.41) is 3.81. The van der Waals surface area contributed by atoms with Crippen LogP contribution in [0.2, 0.25) is 5.02 Å². The smallest absolute Gasteiger partial charge is 0.225 e. The molecule has 2 aliphatic rings. The minimum absolute atomic E-state index is 0.0195. The van der Waals surface area contributed by atoms with Gasteiger partial charge in [0.1, 0.15) is 5.75 Å². The number of methoxy groups -OCH3 is 1. The van der Waals surface area contributed by atoms with Crippen molar-refractivity contribution >= 4 is 23.4 Å². The lowest BCUT2D eigenvalue weighted by Crippen LogP contribution is -2.37. The molecule has 0 radical (unpaired) electrons. The molecule has 0 aromatic heterocycles. The second kappa shape index (κ2) is 8.07. The number of halogens is 1. The van der Waals surface area contributed by atoms with E-state index in [9.17, 15) is 9.59 Å². The van der Waals surface area contributed by atoms with Crippen LogP contribution in [0.5, 0.6) is 5.75 Å². The van der Waals surface area contributed by atoms with Gasteiger partial charge in [0.25, 0.3) is 0 Å². The SMILES string of the molecule is COc1ccc(CN2CC(C(=O)NCC3(c4ccc(Cl)cc4)CC3)CC2=O)cc1. The molecule has 1 aliphatic heterocycles. The van der Waals surface area contributed by atoms with Crippen LogP contribution in [-0.2, 0) is 21.5 Å². The fraction of sp³-hybridized carbons (Fsp3) is 0.391. The van der Waals surface area contributed by atoms with Gasteiger partial charge in [-0.3, -0.25) is 9.59 Å². The number of nitrogens with zero attached hydrogens (tertiary/aromatic N) is 1. The first-order chi connectivity index (χ1) is 14.0. The minimum atomic E-state index is -0.290. The molecule has 1 heterocycles. The van der Waals surface area contributed by atoms with Crippen molar-refractivity contribution in [3.05, 3.63) is 64.7 Å². The Hall–Kier alpha value is -2.53. The van der Waals surface area contributed by atoms with E-state index in [-0.39, 0.29) is 29.6 Å². The molecule has 2 fully saturated rings. The van der Waals surface area contributed by atoms with Gasteiger partial charge in [-0.25, -0.2) is 0 Å². The molecule has 1 unspecified atom stereocenters. The van der Waals surface area contributed by atoms with Crippen molar-refractivity contribution in [3.63, 3.8) is 0 Å². The maximum Gasteiger partial charge on any atom is 0.225 e. The molecule has 1 saturated carbocycles.